The molecule has 0 saturated carbocycles. The third-order valence-electron chi connectivity index (χ3n) is 2.45. The predicted octanol–water partition coefficient (Wildman–Crippen LogP) is -1.80. The molecule has 1 rings (SSSR count). The molecular formula is C9H17NO5. The summed E-state index contributed by atoms with van der Waals surface area (Å²) in [5.74, 6) is -1.04. The van der Waals surface area contributed by atoms with Crippen LogP contribution in [0.1, 0.15) is 15.2 Å². The third kappa shape index (κ3) is 2.66. The molecule has 1 aliphatic rings. The van der Waals surface area contributed by atoms with E-state index in [1.807, 2.05) is 0 Å². The van der Waals surface area contributed by atoms with Gasteiger partial charge in [0.25, 0.3) is 0 Å². The summed E-state index contributed by atoms with van der Waals surface area (Å²) in [6.45, 7) is 0.656. The Morgan fingerprint density at radius 3 is 2.73 bits per heavy atom. The normalized spacial score (nSPS) is 42.1. The Labute approximate surface area is 89.3 Å². The fourth-order valence-electron chi connectivity index (χ4n) is 1.61. The van der Waals surface area contributed by atoms with E-state index in [1.54, 1.807) is 0 Å². The van der Waals surface area contributed by atoms with Crippen molar-refractivity contribution >= 4 is 5.91 Å². The van der Waals surface area contributed by atoms with Crippen molar-refractivity contribution in [1.82, 2.24) is 5.32 Å². The van der Waals surface area contributed by atoms with E-state index >= 15 is 0 Å². The Hall–Kier alpha value is -0.690. The van der Waals surface area contributed by atoms with Crippen LogP contribution in [0.3, 0.4) is 0 Å². The van der Waals surface area contributed by atoms with E-state index in [2.05, 4.69) is 5.32 Å². The highest BCUT2D eigenvalue weighted by Gasteiger charge is 2.42. The first-order valence-electron chi connectivity index (χ1n) is 5.40. The van der Waals surface area contributed by atoms with Gasteiger partial charge >= 0.3 is 0 Å². The van der Waals surface area contributed by atoms with E-state index in [0.717, 1.165) is 0 Å². The van der Waals surface area contributed by atoms with Gasteiger partial charge in [-0.05, 0) is 0 Å². The van der Waals surface area contributed by atoms with E-state index in [0.29, 0.717) is 0 Å². The smallest absolute Gasteiger partial charge is 0.217 e. The van der Waals surface area contributed by atoms with Gasteiger partial charge in [-0.25, -0.2) is 0 Å². The Balaban J connectivity index is 2.78. The molecule has 88 valence electrons. The van der Waals surface area contributed by atoms with Crippen molar-refractivity contribution in [3.63, 3.8) is 0 Å². The maximum absolute atomic E-state index is 10.9. The first-order valence-corrected chi connectivity index (χ1v) is 4.70. The lowest BCUT2D eigenvalue weighted by molar-refractivity contribution is -0.238. The van der Waals surface area contributed by atoms with Gasteiger partial charge in [-0.3, -0.25) is 4.79 Å². The Kier molecular flexibility index (Phi) is 3.53. The molecule has 6 nitrogen and oxygen atoms in total. The van der Waals surface area contributed by atoms with E-state index in [9.17, 15) is 15.0 Å². The number of amides is 1. The lowest BCUT2D eigenvalue weighted by atomic mass is 9.89. The largest absolute Gasteiger partial charge is 0.394 e. The molecule has 0 radical (unpaired) electrons. The quantitative estimate of drug-likeness (QED) is 0.440. The maximum Gasteiger partial charge on any atom is 0.217 e. The van der Waals surface area contributed by atoms with Gasteiger partial charge in [-0.1, -0.05) is 6.90 Å². The molecular weight excluding hydrogens is 202 g/mol. The Bertz CT molecular complexity index is 252. The van der Waals surface area contributed by atoms with Crippen LogP contribution in [0.4, 0.5) is 0 Å². The van der Waals surface area contributed by atoms with Gasteiger partial charge in [0.2, 0.25) is 5.91 Å². The van der Waals surface area contributed by atoms with Crippen LogP contribution in [0.15, 0.2) is 0 Å². The second kappa shape index (κ2) is 4.89. The second-order valence-corrected chi connectivity index (χ2v) is 3.63. The van der Waals surface area contributed by atoms with Gasteiger partial charge in [-0.2, -0.15) is 0 Å². The van der Waals surface area contributed by atoms with Crippen LogP contribution in [-0.4, -0.2) is 52.4 Å². The third-order valence-corrected chi connectivity index (χ3v) is 2.45. The lowest BCUT2D eigenvalue weighted by Gasteiger charge is -2.41. The summed E-state index contributed by atoms with van der Waals surface area (Å²) in [5, 5.41) is 30.7. The van der Waals surface area contributed by atoms with Crippen LogP contribution >= 0.6 is 0 Å². The number of carbonyl (C=O) groups excluding carboxylic acids is 1. The minimum Gasteiger partial charge on any atom is -0.394 e. The molecule has 0 bridgehead atoms. The highest BCUT2D eigenvalue weighted by molar-refractivity contribution is 5.73. The van der Waals surface area contributed by atoms with Crippen LogP contribution in [-0.2, 0) is 9.53 Å². The minimum atomic E-state index is -1.32. The van der Waals surface area contributed by atoms with Crippen molar-refractivity contribution in [3.05, 3.63) is 0 Å². The van der Waals surface area contributed by atoms with Crippen LogP contribution in [0.25, 0.3) is 0 Å². The van der Waals surface area contributed by atoms with Crippen LogP contribution in [0, 0.1) is 5.92 Å². The summed E-state index contributed by atoms with van der Waals surface area (Å²) in [5.41, 5.74) is 0. The molecule has 6 heteroatoms. The predicted molar refractivity (Wildman–Crippen MR) is 50.7 cm³/mol. The highest BCUT2D eigenvalue weighted by Crippen LogP contribution is 2.24. The van der Waals surface area contributed by atoms with Crippen molar-refractivity contribution in [3.8, 4) is 0 Å². The zero-order chi connectivity index (χ0) is 12.3. The number of aliphatic hydroxyl groups is 3. The summed E-state index contributed by atoms with van der Waals surface area (Å²) in [6, 6.07) is -0.826. The van der Waals surface area contributed by atoms with Gasteiger partial charge in [-0.15, -0.1) is 0 Å². The molecule has 5 atom stereocenters. The SMILES string of the molecule is [2H]C[C@H]1[C@H](O)[C@@H](CO)OC(O)[C@H]1NC(C)=O. The summed E-state index contributed by atoms with van der Waals surface area (Å²) >= 11 is 0. The Morgan fingerprint density at radius 2 is 2.27 bits per heavy atom. The molecule has 0 spiro atoms. The van der Waals surface area contributed by atoms with Crippen molar-refractivity contribution in [2.24, 2.45) is 5.92 Å². The minimum absolute atomic E-state index is 0.178. The molecule has 1 heterocycles. The number of hydrogen-bond acceptors (Lipinski definition) is 5. The van der Waals surface area contributed by atoms with E-state index in [1.165, 1.54) is 6.92 Å². The topological polar surface area (TPSA) is 99.0 Å². The van der Waals surface area contributed by atoms with E-state index in [-0.39, 0.29) is 12.8 Å². The van der Waals surface area contributed by atoms with Crippen molar-refractivity contribution in [2.45, 2.75) is 38.4 Å². The number of carbonyl (C=O) groups is 1. The summed E-state index contributed by atoms with van der Waals surface area (Å²) in [4.78, 5) is 10.9. The van der Waals surface area contributed by atoms with Gasteiger partial charge < -0.3 is 25.4 Å². The van der Waals surface area contributed by atoms with Gasteiger partial charge in [0.1, 0.15) is 6.10 Å². The maximum atomic E-state index is 10.9. The van der Waals surface area contributed by atoms with Gasteiger partial charge in [0.15, 0.2) is 6.29 Å². The van der Waals surface area contributed by atoms with Crippen molar-refractivity contribution < 1.29 is 26.2 Å². The number of ether oxygens (including phenoxy) is 1. The monoisotopic (exact) mass is 220 g/mol. The van der Waals surface area contributed by atoms with Crippen LogP contribution < -0.4 is 5.32 Å². The molecule has 0 aromatic carbocycles. The number of aliphatic hydroxyl groups excluding tert-OH is 3. The van der Waals surface area contributed by atoms with Gasteiger partial charge in [0, 0.05) is 14.2 Å². The highest BCUT2D eigenvalue weighted by atomic mass is 16.6. The zero-order valence-electron chi connectivity index (χ0n) is 9.46. The first kappa shape index (κ1) is 10.8. The number of nitrogens with one attached hydrogen (secondary N) is 1. The number of rotatable bonds is 2. The molecule has 0 aromatic heterocycles. The fourth-order valence-corrected chi connectivity index (χ4v) is 1.61. The average Bonchev–Trinajstić information content (AvgIpc) is 2.23. The zero-order valence-corrected chi connectivity index (χ0v) is 8.46. The first-order chi connectivity index (χ1) is 7.51. The van der Waals surface area contributed by atoms with Crippen LogP contribution in [0.5, 0.6) is 0 Å². The lowest BCUT2D eigenvalue weighted by Crippen LogP contribution is -2.60. The standard InChI is InChI=1S/C9H17NO5/c1-4-7(10-5(2)12)9(14)15-6(3-11)8(4)13/h4,6-9,11,13-14H,3H2,1-2H3,(H,10,12)/t4-,6-,7+,8+,9?/m1/s1/i1D. The molecule has 1 unspecified atom stereocenters. The Morgan fingerprint density at radius 1 is 1.60 bits per heavy atom. The molecule has 1 aliphatic heterocycles. The summed E-state index contributed by atoms with van der Waals surface area (Å²) < 4.78 is 12.2. The molecule has 0 aliphatic carbocycles. The molecule has 0 aromatic rings. The van der Waals surface area contributed by atoms with E-state index < -0.39 is 37.1 Å². The number of hydrogen-bond donors (Lipinski definition) is 4. The van der Waals surface area contributed by atoms with E-state index in [4.69, 9.17) is 11.2 Å². The molecule has 4 N–H and O–H groups in total. The molecule has 1 saturated heterocycles. The second-order valence-electron chi connectivity index (χ2n) is 3.63. The molecule has 1 fully saturated rings. The molecule has 1 amide bonds. The summed E-state index contributed by atoms with van der Waals surface area (Å²) in [6.07, 6.45) is -3.32. The van der Waals surface area contributed by atoms with Crippen LogP contribution in [0.2, 0.25) is 0 Å². The fraction of sp³-hybridized carbons (Fsp3) is 0.889. The average molecular weight is 220 g/mol. The summed E-state index contributed by atoms with van der Waals surface area (Å²) in [7, 11) is 0. The van der Waals surface area contributed by atoms with Gasteiger partial charge in [0.05, 0.1) is 18.8 Å². The van der Waals surface area contributed by atoms with Crippen molar-refractivity contribution in [1.29, 1.82) is 0 Å². The van der Waals surface area contributed by atoms with Crippen molar-refractivity contribution in [2.75, 3.05) is 6.61 Å². The molecule has 15 heavy (non-hydrogen) atoms.